The molecule has 0 saturated heterocycles. The summed E-state index contributed by atoms with van der Waals surface area (Å²) in [6.45, 7) is 3.81. The van der Waals surface area contributed by atoms with Crippen molar-refractivity contribution in [3.8, 4) is 17.2 Å². The first kappa shape index (κ1) is 21.5. The molecule has 30 heavy (non-hydrogen) atoms. The highest BCUT2D eigenvalue weighted by Crippen LogP contribution is 2.41. The van der Waals surface area contributed by atoms with Crippen molar-refractivity contribution in [1.82, 2.24) is 5.32 Å². The van der Waals surface area contributed by atoms with Crippen molar-refractivity contribution < 1.29 is 28.5 Å². The van der Waals surface area contributed by atoms with Gasteiger partial charge in [-0.3, -0.25) is 4.79 Å². The fraction of sp³-hybridized carbons (Fsp3) is 0.391. The van der Waals surface area contributed by atoms with E-state index in [-0.39, 0.29) is 24.7 Å². The molecule has 0 saturated carbocycles. The Balaban J connectivity index is 1.36. The molecule has 0 unspecified atom stereocenters. The first-order chi connectivity index (χ1) is 14.4. The van der Waals surface area contributed by atoms with Crippen LogP contribution >= 0.6 is 0 Å². The highest BCUT2D eigenvalue weighted by molar-refractivity contribution is 5.80. The number of fused-ring (bicyclic) bond motifs is 1. The highest BCUT2D eigenvalue weighted by Gasteiger charge is 2.32. The Labute approximate surface area is 176 Å². The van der Waals surface area contributed by atoms with Gasteiger partial charge >= 0.3 is 5.97 Å². The molecule has 2 aromatic rings. The quantitative estimate of drug-likeness (QED) is 0.637. The molecule has 160 valence electrons. The number of carbonyl (C=O) groups is 2. The van der Waals surface area contributed by atoms with Gasteiger partial charge in [0.25, 0.3) is 5.91 Å². The van der Waals surface area contributed by atoms with E-state index in [0.717, 1.165) is 23.3 Å². The summed E-state index contributed by atoms with van der Waals surface area (Å²) in [5, 5.41) is 2.72. The molecule has 0 spiro atoms. The van der Waals surface area contributed by atoms with Gasteiger partial charge in [-0.05, 0) is 44.0 Å². The van der Waals surface area contributed by atoms with Crippen molar-refractivity contribution in [2.45, 2.75) is 32.3 Å². The van der Waals surface area contributed by atoms with Crippen LogP contribution in [0.5, 0.6) is 17.2 Å². The summed E-state index contributed by atoms with van der Waals surface area (Å²) < 4.78 is 21.5. The van der Waals surface area contributed by atoms with E-state index in [1.165, 1.54) is 0 Å². The van der Waals surface area contributed by atoms with Crippen molar-refractivity contribution in [2.75, 3.05) is 26.9 Å². The number of nitrogens with one attached hydrogen (secondary N) is 1. The first-order valence-electron chi connectivity index (χ1n) is 9.85. The number of esters is 1. The van der Waals surface area contributed by atoms with Gasteiger partial charge in [-0.15, -0.1) is 0 Å². The maximum Gasteiger partial charge on any atom is 0.344 e. The summed E-state index contributed by atoms with van der Waals surface area (Å²) in [4.78, 5) is 23.8. The smallest absolute Gasteiger partial charge is 0.344 e. The molecule has 0 aliphatic carbocycles. The van der Waals surface area contributed by atoms with E-state index in [2.05, 4.69) is 5.32 Å². The maximum atomic E-state index is 11.9. The summed E-state index contributed by atoms with van der Waals surface area (Å²) in [7, 11) is 1.61. The van der Waals surface area contributed by atoms with Gasteiger partial charge < -0.3 is 24.3 Å². The van der Waals surface area contributed by atoms with Crippen molar-refractivity contribution in [2.24, 2.45) is 0 Å². The number of rotatable bonds is 9. The zero-order valence-corrected chi connectivity index (χ0v) is 17.5. The molecule has 2 aromatic carbocycles. The van der Waals surface area contributed by atoms with Crippen LogP contribution in [0.1, 0.15) is 25.0 Å². The highest BCUT2D eigenvalue weighted by atomic mass is 16.6. The molecule has 7 heteroatoms. The zero-order chi connectivity index (χ0) is 21.6. The Morgan fingerprint density at radius 2 is 1.87 bits per heavy atom. The normalized spacial score (nSPS) is 13.7. The number of para-hydroxylation sites is 1. The van der Waals surface area contributed by atoms with E-state index < -0.39 is 5.97 Å². The zero-order valence-electron chi connectivity index (χ0n) is 17.5. The number of carbonyl (C=O) groups excluding carboxylic acids is 2. The number of hydrogen-bond acceptors (Lipinski definition) is 6. The molecule has 0 aromatic heterocycles. The fourth-order valence-electron chi connectivity index (χ4n) is 3.21. The van der Waals surface area contributed by atoms with Crippen LogP contribution in [0, 0.1) is 0 Å². The Bertz CT molecular complexity index is 891. The van der Waals surface area contributed by atoms with Crippen LogP contribution in [-0.2, 0) is 27.2 Å². The van der Waals surface area contributed by atoms with Crippen LogP contribution in [0.25, 0.3) is 0 Å². The van der Waals surface area contributed by atoms with Gasteiger partial charge in [-0.25, -0.2) is 4.79 Å². The third-order valence-electron chi connectivity index (χ3n) is 4.66. The van der Waals surface area contributed by atoms with E-state index in [1.54, 1.807) is 13.2 Å². The second-order valence-electron chi connectivity index (χ2n) is 7.68. The molecule has 0 fully saturated rings. The van der Waals surface area contributed by atoms with Gasteiger partial charge in [0.2, 0.25) is 0 Å². The summed E-state index contributed by atoms with van der Waals surface area (Å²) in [6, 6.07) is 13.2. The lowest BCUT2D eigenvalue weighted by Crippen LogP contribution is -2.31. The van der Waals surface area contributed by atoms with Crippen LogP contribution in [0.2, 0.25) is 0 Å². The molecular formula is C23H27NO6. The Morgan fingerprint density at radius 3 is 2.60 bits per heavy atom. The minimum atomic E-state index is -0.616. The number of ether oxygens (including phenoxy) is 4. The van der Waals surface area contributed by atoms with Crippen molar-refractivity contribution in [3.05, 3.63) is 53.6 Å². The third-order valence-corrected chi connectivity index (χ3v) is 4.66. The fourth-order valence-corrected chi connectivity index (χ4v) is 3.21. The topological polar surface area (TPSA) is 83.1 Å². The molecule has 0 atom stereocenters. The van der Waals surface area contributed by atoms with Gasteiger partial charge in [0, 0.05) is 18.5 Å². The molecule has 3 rings (SSSR count). The minimum Gasteiger partial charge on any atom is -0.497 e. The predicted molar refractivity (Wildman–Crippen MR) is 111 cm³/mol. The summed E-state index contributed by atoms with van der Waals surface area (Å²) in [5.41, 5.74) is 1.82. The van der Waals surface area contributed by atoms with E-state index in [4.69, 9.17) is 18.9 Å². The first-order valence-corrected chi connectivity index (χ1v) is 9.85. The van der Waals surface area contributed by atoms with Crippen LogP contribution in [0.4, 0.5) is 0 Å². The Hall–Kier alpha value is -3.22. The Kier molecular flexibility index (Phi) is 6.82. The number of benzene rings is 2. The summed E-state index contributed by atoms with van der Waals surface area (Å²) in [5.74, 6) is 0.968. The largest absolute Gasteiger partial charge is 0.497 e. The van der Waals surface area contributed by atoms with Crippen molar-refractivity contribution in [1.29, 1.82) is 0 Å². The van der Waals surface area contributed by atoms with Crippen LogP contribution in [0.3, 0.4) is 0 Å². The SMILES string of the molecule is COc1ccc(CCNC(=O)COC(=O)COc2cccc3c2OC(C)(C)C3)cc1. The summed E-state index contributed by atoms with van der Waals surface area (Å²) in [6.07, 6.45) is 1.45. The monoisotopic (exact) mass is 413 g/mol. The molecule has 1 amide bonds. The van der Waals surface area contributed by atoms with Crippen LogP contribution < -0.4 is 19.5 Å². The van der Waals surface area contributed by atoms with E-state index in [0.29, 0.717) is 24.5 Å². The molecule has 7 nitrogen and oxygen atoms in total. The van der Waals surface area contributed by atoms with Crippen LogP contribution in [0.15, 0.2) is 42.5 Å². The molecular weight excluding hydrogens is 386 g/mol. The maximum absolute atomic E-state index is 11.9. The summed E-state index contributed by atoms with van der Waals surface area (Å²) >= 11 is 0. The number of hydrogen-bond donors (Lipinski definition) is 1. The molecule has 1 heterocycles. The van der Waals surface area contributed by atoms with Gasteiger partial charge in [-0.1, -0.05) is 24.3 Å². The Morgan fingerprint density at radius 1 is 1.10 bits per heavy atom. The van der Waals surface area contributed by atoms with Gasteiger partial charge in [0.1, 0.15) is 11.4 Å². The second kappa shape index (κ2) is 9.52. The minimum absolute atomic E-state index is 0.292. The molecule has 0 radical (unpaired) electrons. The van der Waals surface area contributed by atoms with E-state index >= 15 is 0 Å². The third kappa shape index (κ3) is 5.89. The lowest BCUT2D eigenvalue weighted by atomic mass is 10.0. The average Bonchev–Trinajstić information content (AvgIpc) is 3.05. The van der Waals surface area contributed by atoms with Crippen molar-refractivity contribution in [3.63, 3.8) is 0 Å². The molecule has 1 aliphatic rings. The van der Waals surface area contributed by atoms with Crippen molar-refractivity contribution >= 4 is 11.9 Å². The predicted octanol–water partition coefficient (Wildman–Crippen LogP) is 2.69. The molecule has 1 aliphatic heterocycles. The van der Waals surface area contributed by atoms with E-state index in [1.807, 2.05) is 50.2 Å². The second-order valence-corrected chi connectivity index (χ2v) is 7.68. The number of amides is 1. The van der Waals surface area contributed by atoms with Gasteiger partial charge in [-0.2, -0.15) is 0 Å². The van der Waals surface area contributed by atoms with Gasteiger partial charge in [0.05, 0.1) is 7.11 Å². The lowest BCUT2D eigenvalue weighted by Gasteiger charge is -2.18. The average molecular weight is 413 g/mol. The van der Waals surface area contributed by atoms with E-state index in [9.17, 15) is 9.59 Å². The molecule has 1 N–H and O–H groups in total. The standard InChI is InChI=1S/C23H27NO6/c1-23(2)13-17-5-4-6-19(22(17)30-23)28-15-21(26)29-14-20(25)24-12-11-16-7-9-18(27-3)10-8-16/h4-10H,11-15H2,1-3H3,(H,24,25). The van der Waals surface area contributed by atoms with Gasteiger partial charge in [0.15, 0.2) is 24.7 Å². The lowest BCUT2D eigenvalue weighted by molar-refractivity contribution is -0.150. The number of methoxy groups -OCH3 is 1. The molecule has 0 bridgehead atoms. The van der Waals surface area contributed by atoms with Crippen LogP contribution in [-0.4, -0.2) is 44.3 Å².